The van der Waals surface area contributed by atoms with Gasteiger partial charge in [0.25, 0.3) is 5.56 Å². The number of anilines is 1. The summed E-state index contributed by atoms with van der Waals surface area (Å²) in [7, 11) is 1.58. The van der Waals surface area contributed by atoms with E-state index in [1.807, 2.05) is 12.1 Å². The molecule has 2 aromatic rings. The fraction of sp³-hybridized carbons (Fsp3) is 0.318. The van der Waals surface area contributed by atoms with E-state index in [1.165, 1.54) is 17.8 Å². The number of hydrogen-bond donors (Lipinski definition) is 2. The first-order valence-electron chi connectivity index (χ1n) is 9.66. The van der Waals surface area contributed by atoms with Crippen molar-refractivity contribution in [1.82, 2.24) is 9.97 Å². The Bertz CT molecular complexity index is 1030. The van der Waals surface area contributed by atoms with Gasteiger partial charge in [0.05, 0.1) is 24.2 Å². The number of ether oxygens (including phenoxy) is 2. The van der Waals surface area contributed by atoms with Crippen LogP contribution in [0.15, 0.2) is 58.1 Å². The molecule has 0 fully saturated rings. The minimum absolute atomic E-state index is 0.0823. The first kappa shape index (κ1) is 21.7. The smallest absolute Gasteiger partial charge is 0.337 e. The number of nitrogens with zero attached hydrogens (tertiary/aromatic N) is 1. The summed E-state index contributed by atoms with van der Waals surface area (Å²) in [6.45, 7) is 7.52. The van der Waals surface area contributed by atoms with Gasteiger partial charge in [0.1, 0.15) is 18.2 Å². The first-order valence-corrected chi connectivity index (χ1v) is 10.7. The molecule has 0 saturated heterocycles. The molecule has 1 atom stereocenters. The molecule has 1 aromatic carbocycles. The van der Waals surface area contributed by atoms with E-state index in [4.69, 9.17) is 9.47 Å². The van der Waals surface area contributed by atoms with Gasteiger partial charge in [0.15, 0.2) is 5.16 Å². The summed E-state index contributed by atoms with van der Waals surface area (Å²) in [5.41, 5.74) is 1.84. The molecule has 1 aliphatic heterocycles. The maximum absolute atomic E-state index is 13.1. The topological polar surface area (TPSA) is 93.3 Å². The molecule has 0 aliphatic carbocycles. The van der Waals surface area contributed by atoms with E-state index in [-0.39, 0.29) is 12.2 Å². The predicted octanol–water partition coefficient (Wildman–Crippen LogP) is 3.84. The maximum atomic E-state index is 13.1. The van der Waals surface area contributed by atoms with Crippen LogP contribution in [0.2, 0.25) is 0 Å². The quantitative estimate of drug-likeness (QED) is 0.286. The van der Waals surface area contributed by atoms with Gasteiger partial charge in [-0.3, -0.25) is 4.79 Å². The third kappa shape index (κ3) is 4.43. The highest BCUT2D eigenvalue weighted by molar-refractivity contribution is 7.99. The third-order valence-corrected chi connectivity index (χ3v) is 5.74. The summed E-state index contributed by atoms with van der Waals surface area (Å²) >= 11 is 1.49. The van der Waals surface area contributed by atoms with Crippen molar-refractivity contribution < 1.29 is 14.3 Å². The second-order valence-corrected chi connectivity index (χ2v) is 7.82. The van der Waals surface area contributed by atoms with Crippen LogP contribution < -0.4 is 15.6 Å². The van der Waals surface area contributed by atoms with Crippen molar-refractivity contribution in [2.24, 2.45) is 0 Å². The average molecular weight is 428 g/mol. The number of rotatable bonds is 8. The number of allylic oxidation sites excluding steroid dienone is 1. The standard InChI is InChI=1S/C22H25N3O4S/c1-5-11-29-21(27)16-13(3)23-19-18(20(26)25-22(24-19)30-12-6-2)17(16)14-7-9-15(28-4)10-8-14/h5,7-10,17H,1,6,11-12H2,2-4H3,(H2,23,24,25,26)/t17-/m0/s1. The number of carbonyl (C=O) groups is 1. The van der Waals surface area contributed by atoms with Crippen molar-refractivity contribution >= 4 is 23.5 Å². The van der Waals surface area contributed by atoms with Crippen LogP contribution in [0.5, 0.6) is 5.75 Å². The second-order valence-electron chi connectivity index (χ2n) is 6.74. The lowest BCUT2D eigenvalue weighted by molar-refractivity contribution is -0.138. The molecular formula is C22H25N3O4S. The largest absolute Gasteiger partial charge is 0.497 e. The van der Waals surface area contributed by atoms with E-state index < -0.39 is 11.9 Å². The molecule has 0 bridgehead atoms. The van der Waals surface area contributed by atoms with E-state index in [9.17, 15) is 9.59 Å². The van der Waals surface area contributed by atoms with Crippen molar-refractivity contribution in [3.05, 3.63) is 69.7 Å². The lowest BCUT2D eigenvalue weighted by atomic mass is 9.82. The fourth-order valence-electron chi connectivity index (χ4n) is 3.31. The summed E-state index contributed by atoms with van der Waals surface area (Å²) in [5, 5.41) is 3.68. The van der Waals surface area contributed by atoms with Crippen molar-refractivity contribution in [3.63, 3.8) is 0 Å². The Morgan fingerprint density at radius 3 is 2.70 bits per heavy atom. The van der Waals surface area contributed by atoms with Crippen molar-refractivity contribution in [1.29, 1.82) is 0 Å². The molecular weight excluding hydrogens is 402 g/mol. The van der Waals surface area contributed by atoms with Crippen LogP contribution in [0.1, 0.15) is 37.3 Å². The number of carbonyl (C=O) groups excluding carboxylic acids is 1. The zero-order chi connectivity index (χ0) is 21.7. The zero-order valence-electron chi connectivity index (χ0n) is 17.3. The molecule has 1 aromatic heterocycles. The van der Waals surface area contributed by atoms with Crippen LogP contribution in [0.4, 0.5) is 5.82 Å². The van der Waals surface area contributed by atoms with E-state index in [2.05, 4.69) is 28.8 Å². The molecule has 0 amide bonds. The summed E-state index contributed by atoms with van der Waals surface area (Å²) in [5.74, 6) is 0.859. The molecule has 2 heterocycles. The van der Waals surface area contributed by atoms with Gasteiger partial charge < -0.3 is 19.8 Å². The molecule has 0 spiro atoms. The fourth-order valence-corrected chi connectivity index (χ4v) is 4.03. The molecule has 3 rings (SSSR count). The van der Waals surface area contributed by atoms with E-state index >= 15 is 0 Å². The summed E-state index contributed by atoms with van der Waals surface area (Å²) in [4.78, 5) is 33.4. The van der Waals surface area contributed by atoms with E-state index in [1.54, 1.807) is 26.2 Å². The number of nitrogens with one attached hydrogen (secondary N) is 2. The highest BCUT2D eigenvalue weighted by Crippen LogP contribution is 2.40. The molecule has 0 radical (unpaired) electrons. The second kappa shape index (κ2) is 9.67. The molecule has 30 heavy (non-hydrogen) atoms. The SMILES string of the molecule is C=CCOC(=O)C1=C(C)Nc2nc(SCCC)[nH]c(=O)c2[C@H]1c1ccc(OC)cc1. The van der Waals surface area contributed by atoms with Gasteiger partial charge in [0.2, 0.25) is 0 Å². The maximum Gasteiger partial charge on any atom is 0.337 e. The van der Waals surface area contributed by atoms with Crippen molar-refractivity contribution in [3.8, 4) is 5.75 Å². The van der Waals surface area contributed by atoms with Gasteiger partial charge in [0, 0.05) is 11.4 Å². The Balaban J connectivity index is 2.15. The van der Waals surface area contributed by atoms with Crippen LogP contribution in [-0.4, -0.2) is 35.4 Å². The number of aromatic nitrogens is 2. The Morgan fingerprint density at radius 2 is 2.07 bits per heavy atom. The third-order valence-electron chi connectivity index (χ3n) is 4.67. The summed E-state index contributed by atoms with van der Waals surface area (Å²) in [6, 6.07) is 7.27. The van der Waals surface area contributed by atoms with E-state index in [0.717, 1.165) is 17.7 Å². The number of hydrogen-bond acceptors (Lipinski definition) is 7. The van der Waals surface area contributed by atoms with Crippen LogP contribution in [0, 0.1) is 0 Å². The van der Waals surface area contributed by atoms with Gasteiger partial charge >= 0.3 is 5.97 Å². The highest BCUT2D eigenvalue weighted by Gasteiger charge is 2.36. The number of esters is 1. The van der Waals surface area contributed by atoms with Gasteiger partial charge in [-0.05, 0) is 31.0 Å². The Labute approximate surface area is 179 Å². The Morgan fingerprint density at radius 1 is 1.33 bits per heavy atom. The molecule has 7 nitrogen and oxygen atoms in total. The Kier molecular flexibility index (Phi) is 6.99. The number of fused-ring (bicyclic) bond motifs is 1. The van der Waals surface area contributed by atoms with Crippen LogP contribution in [-0.2, 0) is 9.53 Å². The Hall–Kier alpha value is -3.00. The lowest BCUT2D eigenvalue weighted by Gasteiger charge is -2.28. The van der Waals surface area contributed by atoms with Gasteiger partial charge in [-0.25, -0.2) is 9.78 Å². The molecule has 158 valence electrons. The molecule has 1 aliphatic rings. The first-order chi connectivity index (χ1) is 14.5. The number of thioether (sulfide) groups is 1. The molecule has 2 N–H and O–H groups in total. The highest BCUT2D eigenvalue weighted by atomic mass is 32.2. The molecule has 8 heteroatoms. The van der Waals surface area contributed by atoms with Crippen LogP contribution >= 0.6 is 11.8 Å². The monoisotopic (exact) mass is 427 g/mol. The number of H-pyrrole nitrogens is 1. The van der Waals surface area contributed by atoms with Gasteiger partial charge in [-0.15, -0.1) is 0 Å². The minimum Gasteiger partial charge on any atom is -0.497 e. The van der Waals surface area contributed by atoms with Gasteiger partial charge in [-0.1, -0.05) is 43.5 Å². The average Bonchev–Trinajstić information content (AvgIpc) is 2.75. The van der Waals surface area contributed by atoms with Gasteiger partial charge in [-0.2, -0.15) is 0 Å². The molecule has 0 unspecified atom stereocenters. The predicted molar refractivity (Wildman–Crippen MR) is 118 cm³/mol. The number of methoxy groups -OCH3 is 1. The summed E-state index contributed by atoms with van der Waals surface area (Å²) in [6.07, 6.45) is 2.47. The van der Waals surface area contributed by atoms with E-state index in [0.29, 0.717) is 33.6 Å². The molecule has 0 saturated carbocycles. The van der Waals surface area contributed by atoms with Crippen LogP contribution in [0.3, 0.4) is 0 Å². The number of aromatic amines is 1. The van der Waals surface area contributed by atoms with Crippen molar-refractivity contribution in [2.45, 2.75) is 31.3 Å². The normalized spacial score (nSPS) is 15.2. The number of benzene rings is 1. The minimum atomic E-state index is -0.619. The van der Waals surface area contributed by atoms with Crippen molar-refractivity contribution in [2.75, 3.05) is 24.8 Å². The van der Waals surface area contributed by atoms with Crippen LogP contribution in [0.25, 0.3) is 0 Å². The zero-order valence-corrected chi connectivity index (χ0v) is 18.1. The lowest BCUT2D eigenvalue weighted by Crippen LogP contribution is -2.31. The summed E-state index contributed by atoms with van der Waals surface area (Å²) < 4.78 is 10.6.